The molecule has 1 aliphatic carbocycles. The molecular formula is C24H32ClN3O2. The van der Waals surface area contributed by atoms with Crippen LogP contribution < -0.4 is 16.4 Å². The Morgan fingerprint density at radius 1 is 0.933 bits per heavy atom. The number of rotatable bonds is 4. The third-order valence-corrected chi connectivity index (χ3v) is 5.53. The van der Waals surface area contributed by atoms with Gasteiger partial charge in [-0.1, -0.05) is 51.5 Å². The van der Waals surface area contributed by atoms with Gasteiger partial charge in [0.25, 0.3) is 5.91 Å². The molecule has 5 nitrogen and oxygen atoms in total. The molecule has 1 saturated carbocycles. The maximum Gasteiger partial charge on any atom is 0.255 e. The summed E-state index contributed by atoms with van der Waals surface area (Å²) >= 11 is 0. The van der Waals surface area contributed by atoms with E-state index in [-0.39, 0.29) is 41.6 Å². The minimum Gasteiger partial charge on any atom is -0.328 e. The number of anilines is 2. The van der Waals surface area contributed by atoms with Gasteiger partial charge in [0.15, 0.2) is 0 Å². The second kappa shape index (κ2) is 10.1. The van der Waals surface area contributed by atoms with E-state index >= 15 is 0 Å². The Labute approximate surface area is 185 Å². The number of para-hydroxylation sites is 2. The Morgan fingerprint density at radius 3 is 2.10 bits per heavy atom. The maximum absolute atomic E-state index is 12.7. The van der Waals surface area contributed by atoms with E-state index in [0.29, 0.717) is 23.4 Å². The van der Waals surface area contributed by atoms with Crippen molar-refractivity contribution >= 4 is 35.6 Å². The van der Waals surface area contributed by atoms with E-state index in [4.69, 9.17) is 5.73 Å². The standard InChI is InChI=1S/C24H31N3O2.ClH/c1-24(2,3)18-13-11-16(12-14-18)22(28)26-20-9-4-5-10-21(20)27-23(29)17-7-6-8-19(25)15-17;/h4-5,9-14,17,19H,6-8,15,25H2,1-3H3,(H,26,28)(H,27,29);1H. The number of benzene rings is 2. The Morgan fingerprint density at radius 2 is 1.53 bits per heavy atom. The maximum atomic E-state index is 12.7. The zero-order chi connectivity index (χ0) is 21.0. The first-order valence-electron chi connectivity index (χ1n) is 10.3. The van der Waals surface area contributed by atoms with Crippen LogP contribution in [0.15, 0.2) is 48.5 Å². The molecule has 0 radical (unpaired) electrons. The molecule has 0 spiro atoms. The van der Waals surface area contributed by atoms with E-state index < -0.39 is 0 Å². The second-order valence-corrected chi connectivity index (χ2v) is 8.94. The zero-order valence-electron chi connectivity index (χ0n) is 17.9. The highest BCUT2D eigenvalue weighted by atomic mass is 35.5. The van der Waals surface area contributed by atoms with E-state index in [2.05, 4.69) is 31.4 Å². The lowest BCUT2D eigenvalue weighted by Gasteiger charge is -2.26. The normalized spacial score (nSPS) is 18.8. The van der Waals surface area contributed by atoms with Crippen LogP contribution in [0.2, 0.25) is 0 Å². The summed E-state index contributed by atoms with van der Waals surface area (Å²) in [6.45, 7) is 6.42. The van der Waals surface area contributed by atoms with Crippen molar-refractivity contribution in [3.8, 4) is 0 Å². The average Bonchev–Trinajstić information content (AvgIpc) is 2.69. The van der Waals surface area contributed by atoms with E-state index in [1.54, 1.807) is 12.1 Å². The molecule has 2 atom stereocenters. The van der Waals surface area contributed by atoms with Crippen LogP contribution in [0.5, 0.6) is 0 Å². The van der Waals surface area contributed by atoms with E-state index in [9.17, 15) is 9.59 Å². The molecule has 1 aliphatic rings. The van der Waals surface area contributed by atoms with Gasteiger partial charge in [0, 0.05) is 17.5 Å². The molecule has 30 heavy (non-hydrogen) atoms. The third kappa shape index (κ3) is 6.07. The van der Waals surface area contributed by atoms with Crippen molar-refractivity contribution in [2.75, 3.05) is 10.6 Å². The lowest BCUT2D eigenvalue weighted by molar-refractivity contribution is -0.120. The number of halogens is 1. The Kier molecular flexibility index (Phi) is 8.04. The fraction of sp³-hybridized carbons (Fsp3) is 0.417. The number of carbonyl (C=O) groups is 2. The Bertz CT molecular complexity index is 875. The van der Waals surface area contributed by atoms with Crippen LogP contribution in [-0.2, 0) is 10.2 Å². The van der Waals surface area contributed by atoms with Crippen LogP contribution >= 0.6 is 12.4 Å². The molecule has 0 aromatic heterocycles. The van der Waals surface area contributed by atoms with E-state index in [0.717, 1.165) is 19.3 Å². The molecule has 2 aromatic carbocycles. The third-order valence-electron chi connectivity index (χ3n) is 5.53. The van der Waals surface area contributed by atoms with Gasteiger partial charge in [0.2, 0.25) is 5.91 Å². The van der Waals surface area contributed by atoms with Crippen LogP contribution in [0, 0.1) is 5.92 Å². The summed E-state index contributed by atoms with van der Waals surface area (Å²) in [6, 6.07) is 15.0. The van der Waals surface area contributed by atoms with Crippen LogP contribution in [-0.4, -0.2) is 17.9 Å². The van der Waals surface area contributed by atoms with E-state index in [1.807, 2.05) is 36.4 Å². The fourth-order valence-electron chi connectivity index (χ4n) is 3.72. The molecule has 0 bridgehead atoms. The summed E-state index contributed by atoms with van der Waals surface area (Å²) in [7, 11) is 0. The number of carbonyl (C=O) groups excluding carboxylic acids is 2. The largest absolute Gasteiger partial charge is 0.328 e. The van der Waals surface area contributed by atoms with Crippen molar-refractivity contribution < 1.29 is 9.59 Å². The molecule has 162 valence electrons. The van der Waals surface area contributed by atoms with Gasteiger partial charge >= 0.3 is 0 Å². The van der Waals surface area contributed by atoms with Crippen LogP contribution in [0.25, 0.3) is 0 Å². The summed E-state index contributed by atoms with van der Waals surface area (Å²) in [5, 5.41) is 5.90. The molecule has 2 amide bonds. The van der Waals surface area contributed by atoms with Crippen molar-refractivity contribution in [2.24, 2.45) is 11.7 Å². The van der Waals surface area contributed by atoms with Gasteiger partial charge in [0.05, 0.1) is 11.4 Å². The van der Waals surface area contributed by atoms with Gasteiger partial charge < -0.3 is 16.4 Å². The number of nitrogens with one attached hydrogen (secondary N) is 2. The number of amides is 2. The van der Waals surface area contributed by atoms with E-state index in [1.165, 1.54) is 5.56 Å². The summed E-state index contributed by atoms with van der Waals surface area (Å²) in [4.78, 5) is 25.4. The van der Waals surface area contributed by atoms with Gasteiger partial charge in [0.1, 0.15) is 0 Å². The smallest absolute Gasteiger partial charge is 0.255 e. The van der Waals surface area contributed by atoms with Crippen molar-refractivity contribution in [2.45, 2.75) is 57.9 Å². The van der Waals surface area contributed by atoms with Gasteiger partial charge in [-0.2, -0.15) is 0 Å². The molecular weight excluding hydrogens is 398 g/mol. The van der Waals surface area contributed by atoms with Crippen LogP contribution in [0.1, 0.15) is 62.4 Å². The fourth-order valence-corrected chi connectivity index (χ4v) is 3.72. The molecule has 1 fully saturated rings. The highest BCUT2D eigenvalue weighted by molar-refractivity contribution is 6.07. The highest BCUT2D eigenvalue weighted by Gasteiger charge is 2.26. The molecule has 0 saturated heterocycles. The van der Waals surface area contributed by atoms with Crippen molar-refractivity contribution in [1.82, 2.24) is 0 Å². The second-order valence-electron chi connectivity index (χ2n) is 8.94. The highest BCUT2D eigenvalue weighted by Crippen LogP contribution is 2.28. The van der Waals surface area contributed by atoms with Crippen molar-refractivity contribution in [3.63, 3.8) is 0 Å². The number of hydrogen-bond donors (Lipinski definition) is 3. The predicted octanol–water partition coefficient (Wildman–Crippen LogP) is 5.11. The zero-order valence-corrected chi connectivity index (χ0v) is 18.7. The topological polar surface area (TPSA) is 84.2 Å². The molecule has 0 aliphatic heterocycles. The SMILES string of the molecule is CC(C)(C)c1ccc(C(=O)Nc2ccccc2NC(=O)C2CCCC(N)C2)cc1.Cl. The first kappa shape index (κ1) is 23.9. The minimum atomic E-state index is -0.202. The van der Waals surface area contributed by atoms with Crippen LogP contribution in [0.3, 0.4) is 0 Å². The number of nitrogens with two attached hydrogens (primary N) is 1. The monoisotopic (exact) mass is 429 g/mol. The Hall–Kier alpha value is -2.37. The van der Waals surface area contributed by atoms with Gasteiger partial charge in [-0.25, -0.2) is 0 Å². The summed E-state index contributed by atoms with van der Waals surface area (Å²) in [5.41, 5.74) is 9.00. The predicted molar refractivity (Wildman–Crippen MR) is 125 cm³/mol. The first-order valence-corrected chi connectivity index (χ1v) is 10.3. The van der Waals surface area contributed by atoms with Crippen molar-refractivity contribution in [1.29, 1.82) is 0 Å². The number of hydrogen-bond acceptors (Lipinski definition) is 3. The van der Waals surface area contributed by atoms with Crippen LogP contribution in [0.4, 0.5) is 11.4 Å². The minimum absolute atomic E-state index is 0. The lowest BCUT2D eigenvalue weighted by Crippen LogP contribution is -2.34. The lowest BCUT2D eigenvalue weighted by atomic mass is 9.85. The average molecular weight is 430 g/mol. The summed E-state index contributed by atoms with van der Waals surface area (Å²) in [6.07, 6.45) is 3.52. The summed E-state index contributed by atoms with van der Waals surface area (Å²) in [5.74, 6) is -0.310. The molecule has 3 rings (SSSR count). The van der Waals surface area contributed by atoms with Gasteiger partial charge in [-0.05, 0) is 54.5 Å². The first-order chi connectivity index (χ1) is 13.7. The molecule has 2 unspecified atom stereocenters. The molecule has 0 heterocycles. The molecule has 4 N–H and O–H groups in total. The molecule has 6 heteroatoms. The van der Waals surface area contributed by atoms with Gasteiger partial charge in [-0.3, -0.25) is 9.59 Å². The Balaban J connectivity index is 0.00000320. The van der Waals surface area contributed by atoms with Gasteiger partial charge in [-0.15, -0.1) is 12.4 Å². The quantitative estimate of drug-likeness (QED) is 0.631. The van der Waals surface area contributed by atoms with Crippen molar-refractivity contribution in [3.05, 3.63) is 59.7 Å². The molecule has 2 aromatic rings. The summed E-state index contributed by atoms with van der Waals surface area (Å²) < 4.78 is 0.